The van der Waals surface area contributed by atoms with Crippen LogP contribution in [0.15, 0.2) is 53.1 Å². The molecule has 0 aliphatic rings. The van der Waals surface area contributed by atoms with Crippen molar-refractivity contribution in [1.29, 1.82) is 0 Å². The van der Waals surface area contributed by atoms with Crippen LogP contribution in [-0.4, -0.2) is 40.9 Å². The lowest BCUT2D eigenvalue weighted by molar-refractivity contribution is -0.274. The van der Waals surface area contributed by atoms with Gasteiger partial charge in [0.1, 0.15) is 5.75 Å². The first-order valence-electron chi connectivity index (χ1n) is 9.23. The average molecular weight is 474 g/mol. The van der Waals surface area contributed by atoms with Crippen LogP contribution in [0.5, 0.6) is 5.75 Å². The summed E-state index contributed by atoms with van der Waals surface area (Å²) in [4.78, 5) is 17.7. The minimum absolute atomic E-state index is 0.0255. The van der Waals surface area contributed by atoms with E-state index in [2.05, 4.69) is 20.2 Å². The topological polar surface area (TPSA) is 80.5 Å². The van der Waals surface area contributed by atoms with Gasteiger partial charge in [-0.15, -0.1) is 13.2 Å². The van der Waals surface area contributed by atoms with Crippen molar-refractivity contribution in [2.75, 3.05) is 18.9 Å². The minimum atomic E-state index is -4.82. The number of nitrogens with zero attached hydrogens (tertiary/aromatic N) is 3. The highest BCUT2D eigenvalue weighted by Crippen LogP contribution is 2.31. The Morgan fingerprint density at radius 1 is 1.09 bits per heavy atom. The molecule has 13 heteroatoms. The molecule has 0 aliphatic heterocycles. The number of likely N-dealkylation sites (N-methyl/N-ethyl adjacent to an activating group) is 1. The summed E-state index contributed by atoms with van der Waals surface area (Å²) in [5.74, 6) is -0.855. The van der Waals surface area contributed by atoms with E-state index in [1.165, 1.54) is 29.2 Å². The Labute approximate surface area is 182 Å². The Morgan fingerprint density at radius 3 is 2.42 bits per heavy atom. The first-order valence-corrected chi connectivity index (χ1v) is 9.23. The lowest BCUT2D eigenvalue weighted by Crippen LogP contribution is -2.29. The van der Waals surface area contributed by atoms with Gasteiger partial charge in [-0.1, -0.05) is 17.3 Å². The van der Waals surface area contributed by atoms with Gasteiger partial charge >= 0.3 is 12.5 Å². The fourth-order valence-corrected chi connectivity index (χ4v) is 2.74. The third-order valence-corrected chi connectivity index (χ3v) is 4.11. The van der Waals surface area contributed by atoms with Gasteiger partial charge in [0, 0.05) is 11.3 Å². The summed E-state index contributed by atoms with van der Waals surface area (Å²) < 4.78 is 83.9. The molecule has 3 aromatic rings. The highest BCUT2D eigenvalue weighted by molar-refractivity contribution is 5.92. The van der Waals surface area contributed by atoms with Crippen LogP contribution < -0.4 is 10.1 Å². The summed E-state index contributed by atoms with van der Waals surface area (Å²) in [7, 11) is 1.56. The summed E-state index contributed by atoms with van der Waals surface area (Å²) in [6, 6.07) is 9.07. The highest BCUT2D eigenvalue weighted by atomic mass is 19.4. The molecular formula is C20H16F6N4O3. The van der Waals surface area contributed by atoms with Crippen molar-refractivity contribution in [2.45, 2.75) is 19.1 Å². The molecule has 1 amide bonds. The van der Waals surface area contributed by atoms with Gasteiger partial charge in [0.2, 0.25) is 17.6 Å². The third-order valence-electron chi connectivity index (χ3n) is 4.11. The van der Waals surface area contributed by atoms with Gasteiger partial charge in [-0.25, -0.2) is 0 Å². The van der Waals surface area contributed by atoms with Gasteiger partial charge in [0.15, 0.2) is 0 Å². The minimum Gasteiger partial charge on any atom is -0.406 e. The smallest absolute Gasteiger partial charge is 0.406 e. The number of carbonyl (C=O) groups excluding carboxylic acids is 1. The van der Waals surface area contributed by atoms with Crippen LogP contribution in [0.4, 0.5) is 32.0 Å². The summed E-state index contributed by atoms with van der Waals surface area (Å²) >= 11 is 0. The lowest BCUT2D eigenvalue weighted by Gasteiger charge is -2.14. The molecular weight excluding hydrogens is 458 g/mol. The molecule has 1 aromatic heterocycles. The molecule has 7 nitrogen and oxygen atoms in total. The number of amides is 1. The number of hydrogen-bond acceptors (Lipinski definition) is 6. The molecule has 33 heavy (non-hydrogen) atoms. The van der Waals surface area contributed by atoms with Crippen molar-refractivity contribution in [1.82, 2.24) is 15.0 Å². The monoisotopic (exact) mass is 474 g/mol. The molecule has 0 unspecified atom stereocenters. The van der Waals surface area contributed by atoms with Crippen LogP contribution in [0.3, 0.4) is 0 Å². The predicted molar refractivity (Wildman–Crippen MR) is 103 cm³/mol. The van der Waals surface area contributed by atoms with Crippen molar-refractivity contribution >= 4 is 11.6 Å². The van der Waals surface area contributed by atoms with E-state index in [1.54, 1.807) is 7.05 Å². The van der Waals surface area contributed by atoms with Gasteiger partial charge in [0.05, 0.1) is 18.7 Å². The number of hydrogen-bond donors (Lipinski definition) is 1. The maximum absolute atomic E-state index is 12.9. The summed E-state index contributed by atoms with van der Waals surface area (Å²) in [6.07, 6.45) is -9.33. The van der Waals surface area contributed by atoms with Crippen LogP contribution >= 0.6 is 0 Å². The number of benzene rings is 2. The molecule has 1 N–H and O–H groups in total. The van der Waals surface area contributed by atoms with E-state index in [1.807, 2.05) is 0 Å². The van der Waals surface area contributed by atoms with Crippen molar-refractivity contribution < 1.29 is 40.4 Å². The first kappa shape index (κ1) is 24.0. The normalized spacial score (nSPS) is 12.1. The van der Waals surface area contributed by atoms with E-state index in [0.717, 1.165) is 24.3 Å². The lowest BCUT2D eigenvalue weighted by atomic mass is 10.1. The predicted octanol–water partition coefficient (Wildman–Crippen LogP) is 4.72. The number of anilines is 1. The SMILES string of the molecule is CN(CC(=O)Nc1ccc(OC(F)(F)F)cc1)Cc1nc(-c2cccc(C(F)(F)F)c2)no1. The van der Waals surface area contributed by atoms with Gasteiger partial charge in [-0.05, 0) is 43.4 Å². The van der Waals surface area contributed by atoms with Gasteiger partial charge in [0.25, 0.3) is 0 Å². The molecule has 0 spiro atoms. The number of ether oxygens (including phenoxy) is 1. The largest absolute Gasteiger partial charge is 0.573 e. The third kappa shape index (κ3) is 7.20. The van der Waals surface area contributed by atoms with Crippen molar-refractivity contribution in [3.8, 4) is 17.1 Å². The fourth-order valence-electron chi connectivity index (χ4n) is 2.74. The fraction of sp³-hybridized carbons (Fsp3) is 0.250. The second-order valence-electron chi connectivity index (χ2n) is 6.88. The van der Waals surface area contributed by atoms with E-state index in [-0.39, 0.29) is 36.1 Å². The molecule has 0 bridgehead atoms. The van der Waals surface area contributed by atoms with Crippen molar-refractivity contribution in [3.05, 3.63) is 60.0 Å². The standard InChI is InChI=1S/C20H16F6N4O3/c1-30(10-16(31)27-14-5-7-15(8-6-14)32-20(24,25)26)11-17-28-18(29-33-17)12-3-2-4-13(9-12)19(21,22)23/h2-9H,10-11H2,1H3,(H,27,31). The zero-order valence-electron chi connectivity index (χ0n) is 16.9. The molecule has 3 rings (SSSR count). The van der Waals surface area contributed by atoms with E-state index < -0.39 is 29.8 Å². The maximum atomic E-state index is 12.9. The summed E-state index contributed by atoms with van der Waals surface area (Å²) in [5.41, 5.74) is -0.469. The number of halogens is 6. The summed E-state index contributed by atoms with van der Waals surface area (Å²) in [5, 5.41) is 6.18. The molecule has 0 atom stereocenters. The van der Waals surface area contributed by atoms with Crippen molar-refractivity contribution in [2.24, 2.45) is 0 Å². The molecule has 1 heterocycles. The number of nitrogens with one attached hydrogen (secondary N) is 1. The van der Waals surface area contributed by atoms with Gasteiger partial charge < -0.3 is 14.6 Å². The number of rotatable bonds is 7. The Bertz CT molecular complexity index is 1100. The van der Waals surface area contributed by atoms with Crippen molar-refractivity contribution in [3.63, 3.8) is 0 Å². The van der Waals surface area contributed by atoms with Crippen LogP contribution in [0, 0.1) is 0 Å². The average Bonchev–Trinajstić information content (AvgIpc) is 3.16. The Hall–Kier alpha value is -3.61. The number of alkyl halides is 6. The van der Waals surface area contributed by atoms with E-state index in [0.29, 0.717) is 0 Å². The molecule has 0 saturated heterocycles. The molecule has 0 radical (unpaired) electrons. The Morgan fingerprint density at radius 2 is 1.79 bits per heavy atom. The zero-order valence-corrected chi connectivity index (χ0v) is 16.9. The Balaban J connectivity index is 1.54. The second kappa shape index (κ2) is 9.48. The molecule has 0 saturated carbocycles. The van der Waals surface area contributed by atoms with Crippen LogP contribution in [0.25, 0.3) is 11.4 Å². The zero-order chi connectivity index (χ0) is 24.2. The highest BCUT2D eigenvalue weighted by Gasteiger charge is 2.31. The van der Waals surface area contributed by atoms with Crippen LogP contribution in [0.2, 0.25) is 0 Å². The number of carbonyl (C=O) groups is 1. The first-order chi connectivity index (χ1) is 15.4. The van der Waals surface area contributed by atoms with Crippen LogP contribution in [0.1, 0.15) is 11.5 Å². The molecule has 0 fully saturated rings. The molecule has 0 aliphatic carbocycles. The summed E-state index contributed by atoms with van der Waals surface area (Å²) in [6.45, 7) is -0.111. The quantitative estimate of drug-likeness (QED) is 0.499. The molecule has 176 valence electrons. The van der Waals surface area contributed by atoms with E-state index in [4.69, 9.17) is 4.52 Å². The van der Waals surface area contributed by atoms with Gasteiger partial charge in [-0.3, -0.25) is 9.69 Å². The van der Waals surface area contributed by atoms with Gasteiger partial charge in [-0.2, -0.15) is 18.2 Å². The number of aromatic nitrogens is 2. The molecule has 2 aromatic carbocycles. The maximum Gasteiger partial charge on any atom is 0.573 e. The van der Waals surface area contributed by atoms with E-state index in [9.17, 15) is 31.1 Å². The second-order valence-corrected chi connectivity index (χ2v) is 6.88. The Kier molecular flexibility index (Phi) is 6.91. The van der Waals surface area contributed by atoms with E-state index >= 15 is 0 Å². The van der Waals surface area contributed by atoms with Crippen LogP contribution in [-0.2, 0) is 17.5 Å².